The molecule has 0 bridgehead atoms. The molecule has 4 saturated heterocycles. The first kappa shape index (κ1) is 95.9. The summed E-state index contributed by atoms with van der Waals surface area (Å²) in [5.41, 5.74) is 4.53. The Labute approximate surface area is 757 Å². The van der Waals surface area contributed by atoms with E-state index in [-0.39, 0.29) is 24.2 Å². The molecule has 4 aliphatic carbocycles. The van der Waals surface area contributed by atoms with Gasteiger partial charge in [-0.25, -0.2) is 33.7 Å². The predicted molar refractivity (Wildman–Crippen MR) is 508 cm³/mol. The molecule has 4 aliphatic heterocycles. The van der Waals surface area contributed by atoms with E-state index in [0.717, 1.165) is 70.7 Å². The average Bonchev–Trinajstić information content (AvgIpc) is 1.30. The smallest absolute Gasteiger partial charge is 0.252 e. The topological polar surface area (TPSA) is 243 Å². The van der Waals surface area contributed by atoms with Gasteiger partial charge in [-0.15, -0.1) is 45.3 Å². The fraction of sp³-hybridized carbons (Fsp3) is 0.583. The van der Waals surface area contributed by atoms with Crippen LogP contribution in [-0.2, 0) is 62.5 Å². The van der Waals surface area contributed by atoms with Gasteiger partial charge in [0.05, 0.1) is 22.4 Å². The van der Waals surface area contributed by atoms with Gasteiger partial charge >= 0.3 is 0 Å². The lowest BCUT2D eigenvalue weighted by Gasteiger charge is -2.44. The van der Waals surface area contributed by atoms with Crippen LogP contribution in [0, 0.1) is 23.7 Å². The monoisotopic (exact) mass is 1850 g/mol. The lowest BCUT2D eigenvalue weighted by Crippen LogP contribution is -2.55. The van der Waals surface area contributed by atoms with Gasteiger partial charge in [-0.05, 0) is 221 Å². The van der Waals surface area contributed by atoms with E-state index in [1.807, 2.05) is 70.1 Å². The fourth-order valence-electron chi connectivity index (χ4n) is 20.0. The molecule has 0 amide bonds. The van der Waals surface area contributed by atoms with E-state index in [2.05, 4.69) is 68.1 Å². The van der Waals surface area contributed by atoms with E-state index in [0.29, 0.717) is 119 Å². The SMILES string of the molecule is CC(C)(O)c1ccc(N2CCN(S(=O)(=O)c3cccs3)C[C@@H]2CC2CCCCC2)cc1.CC(C)(O)c1ccc(N2CCN(S(=O)(=O)c3cccs3)C[C@@H]2CC2CCCCC2)cc1.CC(C)(O)c1ccc(N2CCN(S(=O)(=O)c3cccs3)C[C@H]2CC2CCCCC2)cc1.CC(C)(O)c1ccc(N2CCN(S(=O)(=O)c3cccs3)C[C@H]2CC2CCCCC2)cc1. The lowest BCUT2D eigenvalue weighted by molar-refractivity contribution is 0.0780. The Hall–Kier alpha value is -5.64. The molecular formula is C96H136N8O12S8. The van der Waals surface area contributed by atoms with Gasteiger partial charge in [-0.1, -0.05) is 201 Å². The number of hydrogen-bond acceptors (Lipinski definition) is 20. The summed E-state index contributed by atoms with van der Waals surface area (Å²) in [6.45, 7) is 21.2. The van der Waals surface area contributed by atoms with Gasteiger partial charge in [0.15, 0.2) is 0 Å². The van der Waals surface area contributed by atoms with Crippen molar-refractivity contribution in [3.05, 3.63) is 189 Å². The van der Waals surface area contributed by atoms with Crippen molar-refractivity contribution in [2.75, 3.05) is 98.1 Å². The highest BCUT2D eigenvalue weighted by Crippen LogP contribution is 2.42. The summed E-state index contributed by atoms with van der Waals surface area (Å²) in [5.74, 6) is 2.67. The summed E-state index contributed by atoms with van der Waals surface area (Å²) in [5, 5.41) is 48.5. The average molecular weight is 1850 g/mol. The van der Waals surface area contributed by atoms with Gasteiger partial charge in [-0.3, -0.25) is 0 Å². The highest BCUT2D eigenvalue weighted by Gasteiger charge is 2.42. The third-order valence-electron chi connectivity index (χ3n) is 27.1. The normalized spacial score (nSPS) is 22.0. The molecule has 8 aliphatic rings. The van der Waals surface area contributed by atoms with Crippen molar-refractivity contribution in [3.8, 4) is 0 Å². The fourth-order valence-corrected chi connectivity index (χ4v) is 30.4. The van der Waals surface area contributed by atoms with Gasteiger partial charge in [0, 0.05) is 125 Å². The van der Waals surface area contributed by atoms with Crippen LogP contribution in [0.25, 0.3) is 0 Å². The van der Waals surface area contributed by atoms with Gasteiger partial charge in [0.1, 0.15) is 16.8 Å². The van der Waals surface area contributed by atoms with E-state index < -0.39 is 62.5 Å². The molecule has 4 saturated carbocycles. The van der Waals surface area contributed by atoms with Crippen LogP contribution in [0.2, 0.25) is 0 Å². The third-order valence-corrected chi connectivity index (χ3v) is 40.0. The minimum atomic E-state index is -3.43. The molecule has 16 rings (SSSR count). The number of aliphatic hydroxyl groups is 4. The van der Waals surface area contributed by atoms with Crippen LogP contribution >= 0.6 is 45.3 Å². The van der Waals surface area contributed by atoms with E-state index in [4.69, 9.17) is 0 Å². The maximum atomic E-state index is 13.2. The Morgan fingerprint density at radius 1 is 0.266 bits per heavy atom. The lowest BCUT2D eigenvalue weighted by atomic mass is 9.84. The van der Waals surface area contributed by atoms with Crippen molar-refractivity contribution in [3.63, 3.8) is 0 Å². The number of hydrogen-bond donors (Lipinski definition) is 4. The molecule has 124 heavy (non-hydrogen) atoms. The number of thiophene rings is 4. The van der Waals surface area contributed by atoms with Crippen LogP contribution in [0.3, 0.4) is 0 Å². The number of piperazine rings is 4. The molecular weight excluding hydrogens is 1710 g/mol. The van der Waals surface area contributed by atoms with Crippen LogP contribution in [0.1, 0.15) is 232 Å². The molecule has 20 nitrogen and oxygen atoms in total. The molecule has 680 valence electrons. The second-order valence-corrected chi connectivity index (χ2v) is 50.4. The first-order valence-electron chi connectivity index (χ1n) is 45.5. The summed E-state index contributed by atoms with van der Waals surface area (Å²) in [6.07, 6.45) is 29.7. The van der Waals surface area contributed by atoms with Crippen molar-refractivity contribution < 1.29 is 54.1 Å². The van der Waals surface area contributed by atoms with E-state index in [1.165, 1.54) is 174 Å². The molecule has 0 spiro atoms. The molecule has 4 atom stereocenters. The van der Waals surface area contributed by atoms with Crippen LogP contribution in [0.5, 0.6) is 0 Å². The summed E-state index contributed by atoms with van der Waals surface area (Å²) in [4.78, 5) is 9.57. The number of anilines is 4. The van der Waals surface area contributed by atoms with Crippen LogP contribution in [0.15, 0.2) is 184 Å². The first-order valence-corrected chi connectivity index (χ1v) is 54.8. The van der Waals surface area contributed by atoms with E-state index in [1.54, 1.807) is 121 Å². The summed E-state index contributed by atoms with van der Waals surface area (Å²) in [7, 11) is -13.7. The zero-order chi connectivity index (χ0) is 88.2. The first-order chi connectivity index (χ1) is 59.0. The second-order valence-electron chi connectivity index (χ2n) is 38.0. The van der Waals surface area contributed by atoms with E-state index >= 15 is 0 Å². The minimum Gasteiger partial charge on any atom is -0.386 e. The highest BCUT2D eigenvalue weighted by molar-refractivity contribution is 7.92. The molecule has 8 heterocycles. The van der Waals surface area contributed by atoms with Gasteiger partial charge < -0.3 is 40.0 Å². The Balaban J connectivity index is 0.000000142. The molecule has 8 fully saturated rings. The number of benzene rings is 4. The standard InChI is InChI=1S/4C24H34N2O3S2/c4*1-24(2,27)20-10-12-21(13-11-20)26-15-14-25(31(28,29)23-9-6-16-30-23)18-22(26)17-19-7-4-3-5-8-19/h4*6,9-13,16,19,22,27H,3-5,7-8,14-15,17-18H2,1-2H3/t4*22-/m1100/s1. The Morgan fingerprint density at radius 3 is 0.597 bits per heavy atom. The zero-order valence-electron chi connectivity index (χ0n) is 74.1. The molecule has 0 unspecified atom stereocenters. The molecule has 4 aromatic heterocycles. The minimum absolute atomic E-state index is 0.166. The zero-order valence-corrected chi connectivity index (χ0v) is 80.7. The van der Waals surface area contributed by atoms with Crippen molar-refractivity contribution in [2.45, 2.75) is 273 Å². The molecule has 4 N–H and O–H groups in total. The van der Waals surface area contributed by atoms with Crippen molar-refractivity contribution in [2.24, 2.45) is 23.7 Å². The van der Waals surface area contributed by atoms with Crippen molar-refractivity contribution in [1.29, 1.82) is 0 Å². The number of sulfonamides is 4. The van der Waals surface area contributed by atoms with Gasteiger partial charge in [0.25, 0.3) is 40.1 Å². The quantitative estimate of drug-likeness (QED) is 0.0439. The number of rotatable bonds is 24. The van der Waals surface area contributed by atoms with E-state index in [9.17, 15) is 54.1 Å². The van der Waals surface area contributed by atoms with Crippen molar-refractivity contribution in [1.82, 2.24) is 17.2 Å². The summed E-state index contributed by atoms with van der Waals surface area (Å²) in [6, 6.07) is 47.2. The summed E-state index contributed by atoms with van der Waals surface area (Å²) < 4.78 is 114. The molecule has 28 heteroatoms. The Kier molecular flexibility index (Phi) is 32.5. The molecule has 4 aromatic carbocycles. The number of nitrogens with zero attached hydrogens (tertiary/aromatic N) is 8. The maximum Gasteiger partial charge on any atom is 0.252 e. The maximum absolute atomic E-state index is 13.2. The molecule has 8 aromatic rings. The summed E-state index contributed by atoms with van der Waals surface area (Å²) >= 11 is 5.18. The highest BCUT2D eigenvalue weighted by atomic mass is 32.3. The largest absolute Gasteiger partial charge is 0.386 e. The Morgan fingerprint density at radius 2 is 0.444 bits per heavy atom. The third kappa shape index (κ3) is 24.7. The van der Waals surface area contributed by atoms with Crippen molar-refractivity contribution >= 4 is 108 Å². The molecule has 0 radical (unpaired) electrons. The van der Waals surface area contributed by atoms with Gasteiger partial charge in [0.2, 0.25) is 0 Å². The second kappa shape index (κ2) is 42.1. The Bertz CT molecular complexity index is 4410. The van der Waals surface area contributed by atoms with Crippen LogP contribution in [-0.4, -0.2) is 174 Å². The van der Waals surface area contributed by atoms with Crippen LogP contribution < -0.4 is 19.6 Å². The van der Waals surface area contributed by atoms with Crippen LogP contribution in [0.4, 0.5) is 22.7 Å². The predicted octanol–water partition coefficient (Wildman–Crippen LogP) is 19.3. The van der Waals surface area contributed by atoms with Gasteiger partial charge in [-0.2, -0.15) is 17.2 Å².